The smallest absolute Gasteiger partial charge is 0.310 e. The summed E-state index contributed by atoms with van der Waals surface area (Å²) in [6.45, 7) is 1.82. The minimum Gasteiger partial charge on any atom is -0.481 e. The van der Waals surface area contributed by atoms with Gasteiger partial charge in [-0.3, -0.25) is 9.59 Å². The highest BCUT2D eigenvalue weighted by Crippen LogP contribution is 2.41. The monoisotopic (exact) mass is 329 g/mol. The van der Waals surface area contributed by atoms with Crippen LogP contribution in [0, 0.1) is 12.3 Å². The molecule has 1 aromatic carbocycles. The lowest BCUT2D eigenvalue weighted by Crippen LogP contribution is -2.32. The van der Waals surface area contributed by atoms with Gasteiger partial charge >= 0.3 is 5.97 Å². The fraction of sp³-hybridized carbons (Fsp3) is 0.467. The lowest BCUT2D eigenvalue weighted by Gasteiger charge is -2.23. The summed E-state index contributed by atoms with van der Waals surface area (Å²) in [7, 11) is 0. The Morgan fingerprint density at radius 2 is 1.86 bits per heavy atom. The van der Waals surface area contributed by atoms with Crippen molar-refractivity contribution in [2.75, 3.05) is 5.32 Å². The molecular weight excluding hydrogens is 313 g/mol. The average molecular weight is 330 g/mol. The number of hydrogen-bond donors (Lipinski definition) is 2. The van der Waals surface area contributed by atoms with E-state index in [1.165, 1.54) is 0 Å². The number of carboxylic acid groups (broad SMARTS) is 1. The van der Waals surface area contributed by atoms with Crippen molar-refractivity contribution in [2.45, 2.75) is 39.0 Å². The van der Waals surface area contributed by atoms with Gasteiger partial charge in [0.25, 0.3) is 0 Å². The van der Waals surface area contributed by atoms with Crippen molar-refractivity contribution in [1.82, 2.24) is 0 Å². The molecule has 0 radical (unpaired) electrons. The van der Waals surface area contributed by atoms with E-state index in [-0.39, 0.29) is 12.3 Å². The van der Waals surface area contributed by atoms with Crippen molar-refractivity contribution in [3.8, 4) is 0 Å². The number of anilines is 1. The molecule has 6 heteroatoms. The summed E-state index contributed by atoms with van der Waals surface area (Å²) in [5.74, 6) is -1.25. The van der Waals surface area contributed by atoms with Gasteiger partial charge in [-0.25, -0.2) is 0 Å². The van der Waals surface area contributed by atoms with E-state index in [0.29, 0.717) is 28.6 Å². The second-order valence-corrected chi connectivity index (χ2v) is 6.41. The third kappa shape index (κ3) is 3.50. The maximum atomic E-state index is 12.2. The molecule has 1 amide bonds. The van der Waals surface area contributed by atoms with Gasteiger partial charge in [0.1, 0.15) is 0 Å². The molecule has 0 spiro atoms. The lowest BCUT2D eigenvalue weighted by molar-refractivity contribution is -0.150. The maximum absolute atomic E-state index is 12.2. The van der Waals surface area contributed by atoms with Gasteiger partial charge in [-0.1, -0.05) is 36.0 Å². The summed E-state index contributed by atoms with van der Waals surface area (Å²) < 4.78 is 0. The van der Waals surface area contributed by atoms with Crippen LogP contribution in [0.1, 0.15) is 37.7 Å². The zero-order valence-corrected chi connectivity index (χ0v) is 13.2. The molecule has 1 aromatic rings. The number of carboxylic acids is 1. The van der Waals surface area contributed by atoms with Crippen molar-refractivity contribution >= 4 is 40.8 Å². The first-order chi connectivity index (χ1) is 9.84. The molecule has 2 N–H and O–H groups in total. The maximum Gasteiger partial charge on any atom is 0.310 e. The molecular formula is C15H17Cl2NO3. The predicted octanol–water partition coefficient (Wildman–Crippen LogP) is 4.28. The van der Waals surface area contributed by atoms with Crippen molar-refractivity contribution in [3.05, 3.63) is 27.7 Å². The van der Waals surface area contributed by atoms with Crippen molar-refractivity contribution < 1.29 is 14.7 Å². The van der Waals surface area contributed by atoms with Gasteiger partial charge in [-0.2, -0.15) is 0 Å². The van der Waals surface area contributed by atoms with Gasteiger partial charge in [0, 0.05) is 11.4 Å². The molecule has 0 heterocycles. The molecule has 0 aromatic heterocycles. The number of carbonyl (C=O) groups is 2. The molecule has 21 heavy (non-hydrogen) atoms. The van der Waals surface area contributed by atoms with E-state index in [2.05, 4.69) is 5.32 Å². The van der Waals surface area contributed by atoms with E-state index >= 15 is 0 Å². The molecule has 2 rings (SSSR count). The summed E-state index contributed by atoms with van der Waals surface area (Å²) in [6, 6.07) is 3.25. The first kappa shape index (κ1) is 16.1. The summed E-state index contributed by atoms with van der Waals surface area (Å²) in [5.41, 5.74) is 0.290. The predicted molar refractivity (Wildman–Crippen MR) is 83.0 cm³/mol. The molecule has 1 aliphatic carbocycles. The third-order valence-electron chi connectivity index (χ3n) is 4.04. The highest BCUT2D eigenvalue weighted by atomic mass is 35.5. The first-order valence-corrected chi connectivity index (χ1v) is 7.58. The van der Waals surface area contributed by atoms with E-state index in [1.807, 2.05) is 6.92 Å². The number of hydrogen-bond acceptors (Lipinski definition) is 2. The van der Waals surface area contributed by atoms with Crippen LogP contribution in [0.4, 0.5) is 5.69 Å². The third-order valence-corrected chi connectivity index (χ3v) is 4.76. The summed E-state index contributed by atoms with van der Waals surface area (Å²) in [5, 5.41) is 12.9. The zero-order valence-electron chi connectivity index (χ0n) is 11.7. The van der Waals surface area contributed by atoms with Gasteiger partial charge < -0.3 is 10.4 Å². The minimum atomic E-state index is -0.939. The summed E-state index contributed by atoms with van der Waals surface area (Å²) in [6.07, 6.45) is 2.73. The van der Waals surface area contributed by atoms with Crippen LogP contribution in [0.15, 0.2) is 12.1 Å². The second-order valence-electron chi connectivity index (χ2n) is 5.60. The topological polar surface area (TPSA) is 66.4 Å². The van der Waals surface area contributed by atoms with Crippen LogP contribution in [-0.2, 0) is 9.59 Å². The van der Waals surface area contributed by atoms with Crippen LogP contribution >= 0.6 is 23.2 Å². The molecule has 0 saturated heterocycles. The second kappa shape index (κ2) is 6.24. The Morgan fingerprint density at radius 3 is 2.43 bits per heavy atom. The standard InChI is InChI=1S/C15H17Cl2NO3/c1-9-6-11(17)12(7-10(9)16)18-13(19)8-15(14(20)21)4-2-3-5-15/h6-7H,2-5,8H2,1H3,(H,18,19)(H,20,21). The van der Waals surface area contributed by atoms with Crippen LogP contribution in [0.5, 0.6) is 0 Å². The van der Waals surface area contributed by atoms with Crippen molar-refractivity contribution in [3.63, 3.8) is 0 Å². The molecule has 1 saturated carbocycles. The van der Waals surface area contributed by atoms with Crippen LogP contribution in [-0.4, -0.2) is 17.0 Å². The van der Waals surface area contributed by atoms with Crippen LogP contribution in [0.25, 0.3) is 0 Å². The average Bonchev–Trinajstić information content (AvgIpc) is 2.85. The number of nitrogens with one attached hydrogen (secondary N) is 1. The number of aryl methyl sites for hydroxylation is 1. The van der Waals surface area contributed by atoms with E-state index in [4.69, 9.17) is 23.2 Å². The number of carbonyl (C=O) groups excluding carboxylic acids is 1. The normalized spacial score (nSPS) is 16.7. The van der Waals surface area contributed by atoms with Gasteiger partial charge in [-0.05, 0) is 37.5 Å². The van der Waals surface area contributed by atoms with Crippen molar-refractivity contribution in [1.29, 1.82) is 0 Å². The summed E-state index contributed by atoms with van der Waals surface area (Å²) in [4.78, 5) is 23.6. The number of amides is 1. The summed E-state index contributed by atoms with van der Waals surface area (Å²) >= 11 is 12.1. The molecule has 0 unspecified atom stereocenters. The number of halogens is 2. The Labute approximate surface area is 133 Å². The number of benzene rings is 1. The van der Waals surface area contributed by atoms with Gasteiger partial charge in [0.2, 0.25) is 5.91 Å². The number of aliphatic carboxylic acids is 1. The molecule has 1 fully saturated rings. The molecule has 1 aliphatic rings. The fourth-order valence-electron chi connectivity index (χ4n) is 2.76. The Hall–Kier alpha value is -1.26. The van der Waals surface area contributed by atoms with E-state index in [9.17, 15) is 14.7 Å². The van der Waals surface area contributed by atoms with Crippen LogP contribution in [0.2, 0.25) is 10.0 Å². The Morgan fingerprint density at radius 1 is 1.24 bits per heavy atom. The SMILES string of the molecule is Cc1cc(Cl)c(NC(=O)CC2(C(=O)O)CCCC2)cc1Cl. The molecule has 4 nitrogen and oxygen atoms in total. The van der Waals surface area contributed by atoms with Crippen LogP contribution < -0.4 is 5.32 Å². The van der Waals surface area contributed by atoms with Gasteiger partial charge in [0.05, 0.1) is 16.1 Å². The van der Waals surface area contributed by atoms with E-state index < -0.39 is 11.4 Å². The fourth-order valence-corrected chi connectivity index (χ4v) is 3.19. The molecule has 0 atom stereocenters. The largest absolute Gasteiger partial charge is 0.481 e. The Bertz CT molecular complexity index is 581. The highest BCUT2D eigenvalue weighted by molar-refractivity contribution is 6.36. The highest BCUT2D eigenvalue weighted by Gasteiger charge is 2.43. The van der Waals surface area contributed by atoms with Crippen molar-refractivity contribution in [2.24, 2.45) is 5.41 Å². The molecule has 0 bridgehead atoms. The molecule has 0 aliphatic heterocycles. The van der Waals surface area contributed by atoms with Crippen LogP contribution in [0.3, 0.4) is 0 Å². The molecule has 114 valence electrons. The van der Waals surface area contributed by atoms with E-state index in [0.717, 1.165) is 18.4 Å². The first-order valence-electron chi connectivity index (χ1n) is 6.83. The van der Waals surface area contributed by atoms with Gasteiger partial charge in [0.15, 0.2) is 0 Å². The Kier molecular flexibility index (Phi) is 4.79. The number of rotatable bonds is 4. The quantitative estimate of drug-likeness (QED) is 0.866. The van der Waals surface area contributed by atoms with Gasteiger partial charge in [-0.15, -0.1) is 0 Å². The van der Waals surface area contributed by atoms with E-state index in [1.54, 1.807) is 12.1 Å². The zero-order chi connectivity index (χ0) is 15.6. The lowest BCUT2D eigenvalue weighted by atomic mass is 9.82. The minimum absolute atomic E-state index is 0.0375. The Balaban J connectivity index is 2.12.